The quantitative estimate of drug-likeness (QED) is 0.582. The first kappa shape index (κ1) is 15.5. The van der Waals surface area contributed by atoms with Crippen LogP contribution in [0.2, 0.25) is 5.02 Å². The molecule has 0 aliphatic heterocycles. The number of halogens is 1. The van der Waals surface area contributed by atoms with Crippen LogP contribution in [0.1, 0.15) is 5.76 Å². The topological polar surface area (TPSA) is 96.7 Å². The van der Waals surface area contributed by atoms with Crippen molar-refractivity contribution in [2.75, 3.05) is 5.43 Å². The van der Waals surface area contributed by atoms with E-state index < -0.39 is 5.91 Å². The molecule has 0 spiro atoms. The Hall–Kier alpha value is -3.37. The molecule has 2 heterocycles. The lowest BCUT2D eigenvalue weighted by Gasteiger charge is -2.02. The molecule has 1 N–H and O–H groups in total. The zero-order valence-corrected chi connectivity index (χ0v) is 12.9. The van der Waals surface area contributed by atoms with Gasteiger partial charge in [0.15, 0.2) is 0 Å². The van der Waals surface area contributed by atoms with Gasteiger partial charge in [0.1, 0.15) is 35.8 Å². The Bertz CT molecular complexity index is 938. The number of amides is 1. The molecule has 7 nitrogen and oxygen atoms in total. The number of rotatable bonds is 4. The normalized spacial score (nSPS) is 11.1. The Morgan fingerprint density at radius 2 is 2.00 bits per heavy atom. The molecule has 0 saturated carbocycles. The number of nitriles is 1. The molecule has 24 heavy (non-hydrogen) atoms. The predicted molar refractivity (Wildman–Crippen MR) is 87.1 cm³/mol. The monoisotopic (exact) mass is 339 g/mol. The molecular formula is C16H10ClN5O2. The van der Waals surface area contributed by atoms with Crippen molar-refractivity contribution in [2.24, 2.45) is 0 Å². The van der Waals surface area contributed by atoms with Crippen LogP contribution in [0, 0.1) is 11.3 Å². The van der Waals surface area contributed by atoms with Crippen LogP contribution in [0.4, 0.5) is 0 Å². The summed E-state index contributed by atoms with van der Waals surface area (Å²) in [4.78, 5) is 12.0. The molecule has 2 aromatic heterocycles. The predicted octanol–water partition coefficient (Wildman–Crippen LogP) is 2.87. The van der Waals surface area contributed by atoms with Gasteiger partial charge in [0.05, 0.1) is 5.02 Å². The van der Waals surface area contributed by atoms with E-state index in [0.29, 0.717) is 16.5 Å². The van der Waals surface area contributed by atoms with Gasteiger partial charge < -0.3 is 4.42 Å². The zero-order valence-electron chi connectivity index (χ0n) is 12.2. The summed E-state index contributed by atoms with van der Waals surface area (Å²) in [6.07, 6.45) is 3.95. The molecule has 0 aliphatic rings. The molecule has 0 radical (unpaired) electrons. The van der Waals surface area contributed by atoms with Gasteiger partial charge in [-0.3, -0.25) is 10.2 Å². The highest BCUT2D eigenvalue weighted by atomic mass is 35.5. The summed E-state index contributed by atoms with van der Waals surface area (Å²) >= 11 is 6.12. The Labute approximate surface area is 141 Å². The highest BCUT2D eigenvalue weighted by molar-refractivity contribution is 6.33. The van der Waals surface area contributed by atoms with E-state index in [1.54, 1.807) is 18.2 Å². The van der Waals surface area contributed by atoms with Crippen molar-refractivity contribution < 1.29 is 9.21 Å². The fourth-order valence-corrected chi connectivity index (χ4v) is 2.19. The van der Waals surface area contributed by atoms with Crippen molar-refractivity contribution in [3.05, 3.63) is 65.4 Å². The Kier molecular flexibility index (Phi) is 4.40. The molecule has 0 bridgehead atoms. The first-order valence-corrected chi connectivity index (χ1v) is 7.17. The van der Waals surface area contributed by atoms with Crippen LogP contribution in [-0.4, -0.2) is 20.8 Å². The highest BCUT2D eigenvalue weighted by Crippen LogP contribution is 2.29. The van der Waals surface area contributed by atoms with E-state index in [0.717, 1.165) is 5.56 Å². The van der Waals surface area contributed by atoms with Crippen LogP contribution >= 0.6 is 11.6 Å². The number of carbonyl (C=O) groups is 1. The summed E-state index contributed by atoms with van der Waals surface area (Å²) in [6, 6.07) is 12.4. The Morgan fingerprint density at radius 1 is 1.25 bits per heavy atom. The van der Waals surface area contributed by atoms with Crippen LogP contribution in [0.5, 0.6) is 0 Å². The maximum absolute atomic E-state index is 12.0. The van der Waals surface area contributed by atoms with Crippen LogP contribution in [0.3, 0.4) is 0 Å². The molecule has 8 heteroatoms. The lowest BCUT2D eigenvalue weighted by atomic mass is 10.2. The molecule has 0 saturated heterocycles. The fraction of sp³-hybridized carbons (Fsp3) is 0. The first-order chi connectivity index (χ1) is 11.7. The summed E-state index contributed by atoms with van der Waals surface area (Å²) in [5, 5.41) is 16.8. The Morgan fingerprint density at radius 3 is 2.71 bits per heavy atom. The summed E-state index contributed by atoms with van der Waals surface area (Å²) in [5.74, 6) is 0.303. The van der Waals surface area contributed by atoms with Crippen LogP contribution < -0.4 is 5.43 Å². The van der Waals surface area contributed by atoms with Crippen molar-refractivity contribution in [2.45, 2.75) is 0 Å². The molecule has 0 atom stereocenters. The van der Waals surface area contributed by atoms with Crippen molar-refractivity contribution >= 4 is 23.6 Å². The average Bonchev–Trinajstić information content (AvgIpc) is 3.24. The number of carbonyl (C=O) groups excluding carboxylic acids is 1. The lowest BCUT2D eigenvalue weighted by molar-refractivity contribution is -0.113. The van der Waals surface area contributed by atoms with Crippen LogP contribution in [0.25, 0.3) is 17.4 Å². The summed E-state index contributed by atoms with van der Waals surface area (Å²) in [5.41, 5.74) is 3.05. The second-order valence-corrected chi connectivity index (χ2v) is 5.07. The molecule has 1 aromatic carbocycles. The van der Waals surface area contributed by atoms with Gasteiger partial charge in [-0.25, -0.2) is 4.68 Å². The minimum Gasteiger partial charge on any atom is -0.457 e. The minimum absolute atomic E-state index is 0.122. The lowest BCUT2D eigenvalue weighted by Crippen LogP contribution is -2.22. The third-order valence-corrected chi connectivity index (χ3v) is 3.40. The summed E-state index contributed by atoms with van der Waals surface area (Å²) < 4.78 is 6.89. The van der Waals surface area contributed by atoms with Crippen molar-refractivity contribution in [1.82, 2.24) is 14.9 Å². The van der Waals surface area contributed by atoms with Gasteiger partial charge in [-0.1, -0.05) is 23.7 Å². The fourth-order valence-electron chi connectivity index (χ4n) is 1.96. The van der Waals surface area contributed by atoms with Crippen molar-refractivity contribution in [3.8, 4) is 17.4 Å². The molecule has 0 fully saturated rings. The number of aromatic nitrogens is 3. The van der Waals surface area contributed by atoms with Gasteiger partial charge in [0, 0.05) is 11.6 Å². The SMILES string of the molecule is N#CC(=Cc1ccc(-c2ccccc2Cl)o1)C(=O)Nn1cnnc1. The van der Waals surface area contributed by atoms with Gasteiger partial charge in [-0.15, -0.1) is 10.2 Å². The highest BCUT2D eigenvalue weighted by Gasteiger charge is 2.12. The van der Waals surface area contributed by atoms with Gasteiger partial charge in [0.25, 0.3) is 5.91 Å². The molecular weight excluding hydrogens is 330 g/mol. The van der Waals surface area contributed by atoms with E-state index in [2.05, 4.69) is 15.6 Å². The van der Waals surface area contributed by atoms with Gasteiger partial charge >= 0.3 is 0 Å². The molecule has 1 amide bonds. The molecule has 0 unspecified atom stereocenters. The minimum atomic E-state index is -0.604. The number of hydrogen-bond acceptors (Lipinski definition) is 5. The third kappa shape index (κ3) is 3.34. The van der Waals surface area contributed by atoms with Gasteiger partial charge in [-0.05, 0) is 24.3 Å². The summed E-state index contributed by atoms with van der Waals surface area (Å²) in [7, 11) is 0. The Balaban J connectivity index is 1.83. The first-order valence-electron chi connectivity index (χ1n) is 6.80. The average molecular weight is 340 g/mol. The second kappa shape index (κ2) is 6.81. The van der Waals surface area contributed by atoms with Crippen molar-refractivity contribution in [1.29, 1.82) is 5.26 Å². The maximum Gasteiger partial charge on any atom is 0.280 e. The summed E-state index contributed by atoms with van der Waals surface area (Å²) in [6.45, 7) is 0. The number of benzene rings is 1. The van der Waals surface area contributed by atoms with E-state index in [-0.39, 0.29) is 5.57 Å². The largest absolute Gasteiger partial charge is 0.457 e. The number of furan rings is 1. The van der Waals surface area contributed by atoms with E-state index in [1.807, 2.05) is 24.3 Å². The van der Waals surface area contributed by atoms with E-state index in [4.69, 9.17) is 16.0 Å². The second-order valence-electron chi connectivity index (χ2n) is 4.66. The molecule has 118 valence electrons. The van der Waals surface area contributed by atoms with Gasteiger partial charge in [0.2, 0.25) is 0 Å². The smallest absolute Gasteiger partial charge is 0.280 e. The molecule has 3 rings (SSSR count). The molecule has 3 aromatic rings. The standard InChI is InChI=1S/C16H10ClN5O2/c17-14-4-2-1-3-13(14)15-6-5-12(24-15)7-11(8-18)16(23)21-22-9-19-20-10-22/h1-7,9-10H,(H,21,23). The molecule has 0 aliphatic carbocycles. The van der Waals surface area contributed by atoms with E-state index in [1.165, 1.54) is 23.4 Å². The van der Waals surface area contributed by atoms with E-state index in [9.17, 15) is 10.1 Å². The number of nitrogens with one attached hydrogen (secondary N) is 1. The van der Waals surface area contributed by atoms with Crippen LogP contribution in [-0.2, 0) is 4.79 Å². The van der Waals surface area contributed by atoms with Crippen LogP contribution in [0.15, 0.2) is 59.0 Å². The van der Waals surface area contributed by atoms with Gasteiger partial charge in [-0.2, -0.15) is 5.26 Å². The number of nitrogens with zero attached hydrogens (tertiary/aromatic N) is 4. The maximum atomic E-state index is 12.0. The zero-order chi connectivity index (χ0) is 16.9. The number of hydrogen-bond donors (Lipinski definition) is 1. The third-order valence-electron chi connectivity index (χ3n) is 3.07. The van der Waals surface area contributed by atoms with Crippen molar-refractivity contribution in [3.63, 3.8) is 0 Å². The van der Waals surface area contributed by atoms with E-state index >= 15 is 0 Å².